The number of para-hydroxylation sites is 1. The molecule has 1 aromatic rings. The van der Waals surface area contributed by atoms with Crippen molar-refractivity contribution in [1.29, 1.82) is 0 Å². The van der Waals surface area contributed by atoms with E-state index in [-0.39, 0.29) is 18.8 Å². The molecule has 10 heteroatoms. The second-order valence-corrected chi connectivity index (χ2v) is 8.29. The lowest BCUT2D eigenvalue weighted by Gasteiger charge is -2.15. The first-order chi connectivity index (χ1) is 11.1. The molecule has 0 bridgehead atoms. The maximum Gasteiger partial charge on any atom is 0.342 e. The van der Waals surface area contributed by atoms with Gasteiger partial charge in [0.1, 0.15) is 5.75 Å². The Labute approximate surface area is 142 Å². The van der Waals surface area contributed by atoms with Crippen LogP contribution in [-0.4, -0.2) is 48.0 Å². The van der Waals surface area contributed by atoms with Crippen molar-refractivity contribution in [3.8, 4) is 5.75 Å². The van der Waals surface area contributed by atoms with Crippen molar-refractivity contribution < 1.29 is 34.7 Å². The average Bonchev–Trinajstić information content (AvgIpc) is 2.44. The largest absolute Gasteiger partial charge is 0.425 e. The van der Waals surface area contributed by atoms with E-state index in [0.717, 1.165) is 12.5 Å². The maximum atomic E-state index is 12.1. The van der Waals surface area contributed by atoms with Crippen LogP contribution >= 0.6 is 0 Å². The number of hydrogen-bond donors (Lipinski definition) is 0. The van der Waals surface area contributed by atoms with Crippen LogP contribution in [-0.2, 0) is 33.4 Å². The number of hydrogen-bond acceptors (Lipinski definition) is 8. The number of carbonyl (C=O) groups is 1. The summed E-state index contributed by atoms with van der Waals surface area (Å²) in [4.78, 5) is 12.1. The van der Waals surface area contributed by atoms with Crippen molar-refractivity contribution in [2.45, 2.75) is 25.4 Å². The van der Waals surface area contributed by atoms with E-state index >= 15 is 0 Å². The van der Waals surface area contributed by atoms with Gasteiger partial charge in [0.15, 0.2) is 6.10 Å². The van der Waals surface area contributed by atoms with Gasteiger partial charge in [0.2, 0.25) is 0 Å². The zero-order valence-electron chi connectivity index (χ0n) is 13.4. The molecule has 0 fully saturated rings. The van der Waals surface area contributed by atoms with Crippen LogP contribution in [0.4, 0.5) is 0 Å². The number of carbonyl (C=O) groups excluding carboxylic acids is 1. The number of esters is 1. The highest BCUT2D eigenvalue weighted by atomic mass is 32.2. The van der Waals surface area contributed by atoms with E-state index in [9.17, 15) is 21.6 Å². The first-order valence-electron chi connectivity index (χ1n) is 7.06. The molecule has 0 amide bonds. The Balaban J connectivity index is 2.58. The second-order valence-electron chi connectivity index (χ2n) is 5.05. The minimum atomic E-state index is -3.85. The fraction of sp³-hybridized carbons (Fsp3) is 0.500. The van der Waals surface area contributed by atoms with Crippen molar-refractivity contribution in [2.24, 2.45) is 0 Å². The standard InChI is InChI=1S/C14H20O8S2/c1-23(16,17)20-11-7-6-10-13(22-24(2,18)19)14(15)21-12-8-4-3-5-9-12/h3-5,8-9,13H,6-7,10-11H2,1-2H3. The van der Waals surface area contributed by atoms with Crippen LogP contribution in [0, 0.1) is 0 Å². The van der Waals surface area contributed by atoms with Gasteiger partial charge in [-0.15, -0.1) is 0 Å². The van der Waals surface area contributed by atoms with Crippen LogP contribution < -0.4 is 4.74 Å². The summed E-state index contributed by atoms with van der Waals surface area (Å²) in [6.45, 7) is -0.0574. The number of unbranched alkanes of at least 4 members (excludes halogenated alkanes) is 1. The molecule has 0 aromatic heterocycles. The molecule has 1 rings (SSSR count). The van der Waals surface area contributed by atoms with Crippen molar-refractivity contribution in [3.63, 3.8) is 0 Å². The molecule has 0 heterocycles. The van der Waals surface area contributed by atoms with Crippen LogP contribution in [0.3, 0.4) is 0 Å². The summed E-state index contributed by atoms with van der Waals surface area (Å²) in [5.41, 5.74) is 0. The van der Waals surface area contributed by atoms with Crippen LogP contribution in [0.25, 0.3) is 0 Å². The van der Waals surface area contributed by atoms with Gasteiger partial charge in [-0.25, -0.2) is 4.79 Å². The first-order valence-corrected chi connectivity index (χ1v) is 10.7. The zero-order chi connectivity index (χ0) is 18.2. The quantitative estimate of drug-likeness (QED) is 0.256. The molecule has 8 nitrogen and oxygen atoms in total. The third-order valence-electron chi connectivity index (χ3n) is 2.67. The van der Waals surface area contributed by atoms with Gasteiger partial charge >= 0.3 is 5.97 Å². The van der Waals surface area contributed by atoms with Gasteiger partial charge in [0.05, 0.1) is 19.1 Å². The molecule has 24 heavy (non-hydrogen) atoms. The molecule has 0 N–H and O–H groups in total. The molecule has 1 atom stereocenters. The normalized spacial score (nSPS) is 13.4. The van der Waals surface area contributed by atoms with Crippen LogP contribution in [0.2, 0.25) is 0 Å². The summed E-state index contributed by atoms with van der Waals surface area (Å²) in [5.74, 6) is -0.569. The lowest BCUT2D eigenvalue weighted by Crippen LogP contribution is -2.31. The maximum absolute atomic E-state index is 12.1. The smallest absolute Gasteiger partial charge is 0.342 e. The number of ether oxygens (including phenoxy) is 1. The molecule has 0 aliphatic heterocycles. The van der Waals surface area contributed by atoms with E-state index in [4.69, 9.17) is 8.92 Å². The highest BCUT2D eigenvalue weighted by Crippen LogP contribution is 2.14. The van der Waals surface area contributed by atoms with E-state index in [1.54, 1.807) is 30.3 Å². The van der Waals surface area contributed by atoms with Gasteiger partial charge in [-0.3, -0.25) is 8.37 Å². The van der Waals surface area contributed by atoms with Gasteiger partial charge in [0, 0.05) is 0 Å². The van der Waals surface area contributed by atoms with E-state index in [1.807, 2.05) is 0 Å². The molecule has 0 saturated carbocycles. The van der Waals surface area contributed by atoms with E-state index in [0.29, 0.717) is 12.8 Å². The Morgan fingerprint density at radius 3 is 2.17 bits per heavy atom. The summed E-state index contributed by atoms with van der Waals surface area (Å²) in [7, 11) is -7.38. The highest BCUT2D eigenvalue weighted by molar-refractivity contribution is 7.86. The molecule has 0 aliphatic rings. The summed E-state index contributed by atoms with van der Waals surface area (Å²) in [6.07, 6.45) is 1.14. The van der Waals surface area contributed by atoms with Crippen molar-refractivity contribution in [2.75, 3.05) is 19.1 Å². The summed E-state index contributed by atoms with van der Waals surface area (Å²) in [6, 6.07) is 8.17. The average molecular weight is 380 g/mol. The third-order valence-corrected chi connectivity index (χ3v) is 3.85. The predicted octanol–water partition coefficient (Wildman–Crippen LogP) is 1.08. The monoisotopic (exact) mass is 380 g/mol. The second kappa shape index (κ2) is 9.11. The Morgan fingerprint density at radius 2 is 1.62 bits per heavy atom. The third kappa shape index (κ3) is 9.60. The fourth-order valence-electron chi connectivity index (χ4n) is 1.73. The Kier molecular flexibility index (Phi) is 7.80. The lowest BCUT2D eigenvalue weighted by molar-refractivity contribution is -0.142. The van der Waals surface area contributed by atoms with Gasteiger partial charge in [-0.1, -0.05) is 18.2 Å². The number of benzene rings is 1. The topological polar surface area (TPSA) is 113 Å². The summed E-state index contributed by atoms with van der Waals surface area (Å²) in [5, 5.41) is 0. The predicted molar refractivity (Wildman–Crippen MR) is 86.4 cm³/mol. The van der Waals surface area contributed by atoms with E-state index in [1.165, 1.54) is 0 Å². The molecule has 0 spiro atoms. The molecular formula is C14H20O8S2. The zero-order valence-corrected chi connectivity index (χ0v) is 15.0. The number of rotatable bonds is 10. The van der Waals surface area contributed by atoms with Crippen molar-refractivity contribution >= 4 is 26.2 Å². The van der Waals surface area contributed by atoms with Gasteiger partial charge < -0.3 is 4.74 Å². The SMILES string of the molecule is CS(=O)(=O)OCCCCC(OS(C)(=O)=O)C(=O)Oc1ccccc1. The Morgan fingerprint density at radius 1 is 1.00 bits per heavy atom. The minimum Gasteiger partial charge on any atom is -0.425 e. The fourth-order valence-corrected chi connectivity index (χ4v) is 2.75. The van der Waals surface area contributed by atoms with E-state index < -0.39 is 32.3 Å². The van der Waals surface area contributed by atoms with E-state index in [2.05, 4.69) is 4.18 Å². The highest BCUT2D eigenvalue weighted by Gasteiger charge is 2.25. The Hall–Kier alpha value is -1.49. The minimum absolute atomic E-state index is 0.0475. The van der Waals surface area contributed by atoms with Crippen LogP contribution in [0.1, 0.15) is 19.3 Å². The van der Waals surface area contributed by atoms with Crippen LogP contribution in [0.15, 0.2) is 30.3 Å². The molecular weight excluding hydrogens is 360 g/mol. The van der Waals surface area contributed by atoms with Gasteiger partial charge in [0.25, 0.3) is 20.2 Å². The van der Waals surface area contributed by atoms with Crippen molar-refractivity contribution in [1.82, 2.24) is 0 Å². The molecule has 136 valence electrons. The molecule has 0 aliphatic carbocycles. The Bertz CT molecular complexity index is 725. The van der Waals surface area contributed by atoms with Gasteiger partial charge in [-0.2, -0.15) is 16.8 Å². The molecule has 1 unspecified atom stereocenters. The summed E-state index contributed by atoms with van der Waals surface area (Å²) < 4.78 is 58.6. The first kappa shape index (κ1) is 20.6. The van der Waals surface area contributed by atoms with Gasteiger partial charge in [-0.05, 0) is 31.4 Å². The molecule has 1 aromatic carbocycles. The lowest BCUT2D eigenvalue weighted by atomic mass is 10.1. The van der Waals surface area contributed by atoms with Crippen LogP contribution in [0.5, 0.6) is 5.75 Å². The van der Waals surface area contributed by atoms with Crippen molar-refractivity contribution in [3.05, 3.63) is 30.3 Å². The molecule has 0 radical (unpaired) electrons. The molecule has 0 saturated heterocycles. The summed E-state index contributed by atoms with van der Waals surface area (Å²) >= 11 is 0.